The first-order valence-corrected chi connectivity index (χ1v) is 12.4. The number of rotatable bonds is 10. The van der Waals surface area contributed by atoms with Crippen LogP contribution >= 0.6 is 11.6 Å². The fourth-order valence-electron chi connectivity index (χ4n) is 3.36. The predicted octanol–water partition coefficient (Wildman–Crippen LogP) is 4.19. The van der Waals surface area contributed by atoms with Crippen LogP contribution in [0.1, 0.15) is 11.1 Å². The third kappa shape index (κ3) is 6.17. The monoisotopic (exact) mass is 518 g/mol. The number of amides is 1. The van der Waals surface area contributed by atoms with E-state index in [0.29, 0.717) is 11.5 Å². The summed E-state index contributed by atoms with van der Waals surface area (Å²) in [6.07, 6.45) is 0. The van der Waals surface area contributed by atoms with E-state index >= 15 is 0 Å². The van der Waals surface area contributed by atoms with Crippen LogP contribution in [-0.2, 0) is 21.4 Å². The van der Waals surface area contributed by atoms with Gasteiger partial charge in [-0.2, -0.15) is 0 Å². The third-order valence-corrected chi connectivity index (χ3v) is 7.34. The van der Waals surface area contributed by atoms with E-state index in [-0.39, 0.29) is 27.9 Å². The molecule has 0 fully saturated rings. The normalized spacial score (nSPS) is 11.0. The molecule has 0 heterocycles. The van der Waals surface area contributed by atoms with Gasteiger partial charge in [-0.05, 0) is 60.5 Å². The molecule has 1 amide bonds. The van der Waals surface area contributed by atoms with Crippen molar-refractivity contribution in [2.75, 3.05) is 32.2 Å². The second kappa shape index (κ2) is 11.3. The molecule has 0 aliphatic carbocycles. The largest absolute Gasteiger partial charge is 0.497 e. The lowest BCUT2D eigenvalue weighted by atomic mass is 10.2. The molecule has 0 spiro atoms. The van der Waals surface area contributed by atoms with Gasteiger partial charge in [0.15, 0.2) is 0 Å². The van der Waals surface area contributed by atoms with Gasteiger partial charge in [0, 0.05) is 6.54 Å². The zero-order chi connectivity index (χ0) is 25.6. The first kappa shape index (κ1) is 26.2. The third-order valence-electron chi connectivity index (χ3n) is 5.25. The summed E-state index contributed by atoms with van der Waals surface area (Å²) in [4.78, 5) is 12.8. The summed E-state index contributed by atoms with van der Waals surface area (Å²) in [5, 5.41) is 2.97. The Morgan fingerprint density at radius 3 is 2.17 bits per heavy atom. The van der Waals surface area contributed by atoms with Crippen LogP contribution in [0.5, 0.6) is 17.2 Å². The Balaban J connectivity index is 1.94. The Kier molecular flexibility index (Phi) is 8.48. The highest BCUT2D eigenvalue weighted by Gasteiger charge is 2.30. The van der Waals surface area contributed by atoms with E-state index < -0.39 is 22.5 Å². The van der Waals surface area contributed by atoms with Gasteiger partial charge in [-0.1, -0.05) is 29.8 Å². The Labute approximate surface area is 210 Å². The van der Waals surface area contributed by atoms with Gasteiger partial charge >= 0.3 is 0 Å². The highest BCUT2D eigenvalue weighted by molar-refractivity contribution is 7.93. The number of carbonyl (C=O) groups is 1. The molecule has 8 nitrogen and oxygen atoms in total. The first-order chi connectivity index (χ1) is 16.7. The van der Waals surface area contributed by atoms with Crippen molar-refractivity contribution in [1.29, 1.82) is 0 Å². The summed E-state index contributed by atoms with van der Waals surface area (Å²) in [6, 6.07) is 16.5. The van der Waals surface area contributed by atoms with Gasteiger partial charge in [-0.15, -0.1) is 0 Å². The molecule has 0 radical (unpaired) electrons. The van der Waals surface area contributed by atoms with Gasteiger partial charge in [0.25, 0.3) is 10.0 Å². The molecule has 0 saturated carbocycles. The zero-order valence-electron chi connectivity index (χ0n) is 19.9. The van der Waals surface area contributed by atoms with Crippen LogP contribution in [-0.4, -0.2) is 42.2 Å². The molecule has 0 aliphatic rings. The highest BCUT2D eigenvalue weighted by Crippen LogP contribution is 2.34. The molecular formula is C25H27ClN2O6S. The lowest BCUT2D eigenvalue weighted by Crippen LogP contribution is -2.40. The standard InChI is InChI=1S/C25H27ClN2O6S/c1-17-5-11-23(34-4)24(13-17)35(30,31)28(19-8-12-22(33-3)21(26)14-19)16-25(29)27-15-18-6-9-20(32-2)10-7-18/h5-14H,15-16H2,1-4H3,(H,27,29). The molecule has 0 saturated heterocycles. The number of sulfonamides is 1. The summed E-state index contributed by atoms with van der Waals surface area (Å²) >= 11 is 6.27. The van der Waals surface area contributed by atoms with Crippen molar-refractivity contribution in [2.45, 2.75) is 18.4 Å². The number of hydrogen-bond acceptors (Lipinski definition) is 6. The van der Waals surface area contributed by atoms with Gasteiger partial charge < -0.3 is 19.5 Å². The van der Waals surface area contributed by atoms with E-state index in [1.54, 1.807) is 44.4 Å². The summed E-state index contributed by atoms with van der Waals surface area (Å²) in [5.74, 6) is 0.743. The van der Waals surface area contributed by atoms with Gasteiger partial charge in [0.1, 0.15) is 28.7 Å². The molecule has 0 aliphatic heterocycles. The number of ether oxygens (including phenoxy) is 3. The Hall–Kier alpha value is -3.43. The van der Waals surface area contributed by atoms with Gasteiger partial charge in [-0.3, -0.25) is 9.10 Å². The lowest BCUT2D eigenvalue weighted by molar-refractivity contribution is -0.119. The van der Waals surface area contributed by atoms with Gasteiger partial charge in [0.2, 0.25) is 5.91 Å². The van der Waals surface area contributed by atoms with Gasteiger partial charge in [-0.25, -0.2) is 8.42 Å². The minimum atomic E-state index is -4.21. The lowest BCUT2D eigenvalue weighted by Gasteiger charge is -2.25. The van der Waals surface area contributed by atoms with Crippen LogP contribution in [0.3, 0.4) is 0 Å². The SMILES string of the molecule is COc1ccc(CNC(=O)CN(c2ccc(OC)c(Cl)c2)S(=O)(=O)c2cc(C)ccc2OC)cc1. The van der Waals surface area contributed by atoms with Crippen molar-refractivity contribution in [3.63, 3.8) is 0 Å². The molecule has 0 bridgehead atoms. The molecule has 3 aromatic carbocycles. The maximum atomic E-state index is 13.8. The van der Waals surface area contributed by atoms with E-state index in [2.05, 4.69) is 5.32 Å². The molecule has 3 rings (SSSR count). The Morgan fingerprint density at radius 1 is 0.914 bits per heavy atom. The topological polar surface area (TPSA) is 94.2 Å². The van der Waals surface area contributed by atoms with Gasteiger partial charge in [0.05, 0.1) is 32.0 Å². The number of carbonyl (C=O) groups excluding carboxylic acids is 1. The average molecular weight is 519 g/mol. The predicted molar refractivity (Wildman–Crippen MR) is 135 cm³/mol. The Morgan fingerprint density at radius 2 is 1.57 bits per heavy atom. The van der Waals surface area contributed by atoms with E-state index in [4.69, 9.17) is 25.8 Å². The number of hydrogen-bond donors (Lipinski definition) is 1. The van der Waals surface area contributed by atoms with E-state index in [1.807, 2.05) is 12.1 Å². The van der Waals surface area contributed by atoms with Crippen LogP contribution in [0.25, 0.3) is 0 Å². The van der Waals surface area contributed by atoms with Crippen molar-refractivity contribution in [1.82, 2.24) is 5.32 Å². The van der Waals surface area contributed by atoms with Crippen LogP contribution in [0.2, 0.25) is 5.02 Å². The molecule has 10 heteroatoms. The Bertz CT molecular complexity index is 1300. The van der Waals surface area contributed by atoms with Crippen LogP contribution in [0.4, 0.5) is 5.69 Å². The van der Waals surface area contributed by atoms with E-state index in [0.717, 1.165) is 15.4 Å². The van der Waals surface area contributed by atoms with Crippen LogP contribution in [0.15, 0.2) is 65.6 Å². The molecule has 3 aromatic rings. The summed E-state index contributed by atoms with van der Waals surface area (Å²) in [5.41, 5.74) is 1.77. The molecular weight excluding hydrogens is 492 g/mol. The molecule has 0 atom stereocenters. The molecule has 0 unspecified atom stereocenters. The first-order valence-electron chi connectivity index (χ1n) is 10.6. The van der Waals surface area contributed by atoms with Crippen LogP contribution in [0, 0.1) is 6.92 Å². The highest BCUT2D eigenvalue weighted by atomic mass is 35.5. The minimum Gasteiger partial charge on any atom is -0.497 e. The summed E-state index contributed by atoms with van der Waals surface area (Å²) < 4.78 is 44.2. The fourth-order valence-corrected chi connectivity index (χ4v) is 5.27. The zero-order valence-corrected chi connectivity index (χ0v) is 21.4. The van der Waals surface area contributed by atoms with Crippen LogP contribution < -0.4 is 23.8 Å². The number of benzene rings is 3. The number of anilines is 1. The minimum absolute atomic E-state index is 0.0603. The van der Waals surface area contributed by atoms with E-state index in [1.165, 1.54) is 32.4 Å². The molecule has 1 N–H and O–H groups in total. The molecule has 0 aromatic heterocycles. The molecule has 186 valence electrons. The smallest absolute Gasteiger partial charge is 0.268 e. The number of nitrogens with zero attached hydrogens (tertiary/aromatic N) is 1. The second-order valence-electron chi connectivity index (χ2n) is 7.61. The van der Waals surface area contributed by atoms with Crippen molar-refractivity contribution in [2.24, 2.45) is 0 Å². The fraction of sp³-hybridized carbons (Fsp3) is 0.240. The quantitative estimate of drug-likeness (QED) is 0.432. The van der Waals surface area contributed by atoms with Crippen molar-refractivity contribution in [3.8, 4) is 17.2 Å². The number of aryl methyl sites for hydroxylation is 1. The maximum Gasteiger partial charge on any atom is 0.268 e. The number of methoxy groups -OCH3 is 3. The summed E-state index contributed by atoms with van der Waals surface area (Å²) in [6.45, 7) is 1.51. The van der Waals surface area contributed by atoms with Crippen molar-refractivity contribution in [3.05, 3.63) is 76.8 Å². The maximum absolute atomic E-state index is 13.8. The van der Waals surface area contributed by atoms with E-state index in [9.17, 15) is 13.2 Å². The molecule has 35 heavy (non-hydrogen) atoms. The number of halogens is 1. The number of nitrogens with one attached hydrogen (secondary N) is 1. The summed E-state index contributed by atoms with van der Waals surface area (Å²) in [7, 11) is 0.205. The van der Waals surface area contributed by atoms with Crippen molar-refractivity contribution >= 4 is 33.2 Å². The van der Waals surface area contributed by atoms with Crippen molar-refractivity contribution < 1.29 is 27.4 Å². The second-order valence-corrected chi connectivity index (χ2v) is 9.85. The average Bonchev–Trinajstić information content (AvgIpc) is 2.86.